The van der Waals surface area contributed by atoms with E-state index in [-0.39, 0.29) is 11.9 Å². The average molecular weight is 331 g/mol. The van der Waals surface area contributed by atoms with Gasteiger partial charge in [0.25, 0.3) is 0 Å². The van der Waals surface area contributed by atoms with Crippen molar-refractivity contribution in [1.29, 1.82) is 0 Å². The van der Waals surface area contributed by atoms with E-state index in [2.05, 4.69) is 36.6 Å². The number of hydrogen-bond acceptors (Lipinski definition) is 2. The molecule has 0 aliphatic carbocycles. The highest BCUT2D eigenvalue weighted by Gasteiger charge is 2.16. The summed E-state index contributed by atoms with van der Waals surface area (Å²) in [6, 6.07) is 17.9. The molecule has 0 radical (unpaired) electrons. The van der Waals surface area contributed by atoms with Crippen molar-refractivity contribution < 1.29 is 4.79 Å². The molecule has 0 spiro atoms. The molecule has 0 saturated carbocycles. The van der Waals surface area contributed by atoms with E-state index in [1.54, 1.807) is 0 Å². The fraction of sp³-hybridized carbons (Fsp3) is 0.316. The Labute approximate surface area is 143 Å². The summed E-state index contributed by atoms with van der Waals surface area (Å²) in [5.41, 5.74) is 2.24. The summed E-state index contributed by atoms with van der Waals surface area (Å²) < 4.78 is 0. The minimum Gasteiger partial charge on any atom is -0.351 e. The fourth-order valence-electron chi connectivity index (χ4n) is 2.47. The van der Waals surface area contributed by atoms with Crippen LogP contribution in [-0.4, -0.2) is 12.5 Å². The molecule has 1 atom stereocenters. The second-order valence-corrected chi connectivity index (χ2v) is 6.35. The molecule has 0 fully saturated rings. The second-order valence-electron chi connectivity index (χ2n) is 5.92. The topological polar surface area (TPSA) is 41.1 Å². The van der Waals surface area contributed by atoms with Crippen molar-refractivity contribution in [2.24, 2.45) is 5.92 Å². The summed E-state index contributed by atoms with van der Waals surface area (Å²) in [6.07, 6.45) is 0. The number of halogens is 1. The molecule has 0 aliphatic rings. The van der Waals surface area contributed by atoms with Gasteiger partial charge in [-0.1, -0.05) is 67.9 Å². The highest BCUT2D eigenvalue weighted by molar-refractivity contribution is 6.30. The number of carbonyl (C=O) groups excluding carboxylic acids is 1. The third-order valence-electron chi connectivity index (χ3n) is 3.71. The van der Waals surface area contributed by atoms with Crippen molar-refractivity contribution in [3.8, 4) is 0 Å². The van der Waals surface area contributed by atoms with E-state index in [1.807, 2.05) is 42.5 Å². The number of nitrogens with one attached hydrogen (secondary N) is 2. The van der Waals surface area contributed by atoms with Crippen LogP contribution in [0.3, 0.4) is 0 Å². The predicted molar refractivity (Wildman–Crippen MR) is 95.3 cm³/mol. The van der Waals surface area contributed by atoms with Gasteiger partial charge in [-0.3, -0.25) is 4.79 Å². The number of rotatable bonds is 7. The molecule has 2 N–H and O–H groups in total. The first kappa shape index (κ1) is 17.5. The van der Waals surface area contributed by atoms with E-state index in [1.165, 1.54) is 5.56 Å². The summed E-state index contributed by atoms with van der Waals surface area (Å²) in [5.74, 6) is 0.392. The van der Waals surface area contributed by atoms with Crippen LogP contribution in [0.2, 0.25) is 5.02 Å². The molecule has 0 unspecified atom stereocenters. The molecular formula is C19H23ClN2O. The lowest BCUT2D eigenvalue weighted by molar-refractivity contribution is -0.120. The monoisotopic (exact) mass is 330 g/mol. The first-order valence-corrected chi connectivity index (χ1v) is 8.23. The number of carbonyl (C=O) groups is 1. The van der Waals surface area contributed by atoms with Crippen LogP contribution in [-0.2, 0) is 11.3 Å². The van der Waals surface area contributed by atoms with Gasteiger partial charge in [-0.05, 0) is 29.2 Å². The van der Waals surface area contributed by atoms with E-state index in [0.29, 0.717) is 24.0 Å². The molecule has 2 aromatic rings. The molecule has 0 bridgehead atoms. The molecule has 23 heavy (non-hydrogen) atoms. The van der Waals surface area contributed by atoms with Crippen LogP contribution in [0.5, 0.6) is 0 Å². The predicted octanol–water partition coefficient (Wildman–Crippen LogP) is 3.94. The lowest BCUT2D eigenvalue weighted by Gasteiger charge is -2.22. The Morgan fingerprint density at radius 2 is 1.70 bits per heavy atom. The summed E-state index contributed by atoms with van der Waals surface area (Å²) in [4.78, 5) is 12.0. The molecule has 1 amide bonds. The van der Waals surface area contributed by atoms with Crippen molar-refractivity contribution in [3.63, 3.8) is 0 Å². The molecule has 0 saturated heterocycles. The Kier molecular flexibility index (Phi) is 6.63. The van der Waals surface area contributed by atoms with Gasteiger partial charge in [0.1, 0.15) is 0 Å². The van der Waals surface area contributed by atoms with Crippen molar-refractivity contribution >= 4 is 17.5 Å². The van der Waals surface area contributed by atoms with Crippen LogP contribution in [0.15, 0.2) is 54.6 Å². The Morgan fingerprint density at radius 3 is 2.30 bits per heavy atom. The molecule has 2 rings (SSSR count). The van der Waals surface area contributed by atoms with Crippen LogP contribution >= 0.6 is 11.6 Å². The van der Waals surface area contributed by atoms with Crippen molar-refractivity contribution in [2.75, 3.05) is 6.54 Å². The van der Waals surface area contributed by atoms with Crippen LogP contribution in [0.25, 0.3) is 0 Å². The SMILES string of the molecule is CC(C)[C@@H](NCC(=O)NCc1ccc(Cl)cc1)c1ccccc1. The van der Waals surface area contributed by atoms with Gasteiger partial charge >= 0.3 is 0 Å². The van der Waals surface area contributed by atoms with Crippen LogP contribution < -0.4 is 10.6 Å². The van der Waals surface area contributed by atoms with Crippen LogP contribution in [0, 0.1) is 5.92 Å². The van der Waals surface area contributed by atoms with E-state index in [0.717, 1.165) is 5.56 Å². The van der Waals surface area contributed by atoms with Gasteiger partial charge < -0.3 is 10.6 Å². The van der Waals surface area contributed by atoms with Gasteiger partial charge in [-0.15, -0.1) is 0 Å². The van der Waals surface area contributed by atoms with Gasteiger partial charge in [-0.2, -0.15) is 0 Å². The van der Waals surface area contributed by atoms with Crippen molar-refractivity contribution in [3.05, 3.63) is 70.7 Å². The Morgan fingerprint density at radius 1 is 1.04 bits per heavy atom. The number of hydrogen-bond donors (Lipinski definition) is 2. The van der Waals surface area contributed by atoms with Gasteiger partial charge in [-0.25, -0.2) is 0 Å². The first-order chi connectivity index (χ1) is 11.1. The zero-order valence-corrected chi connectivity index (χ0v) is 14.3. The van der Waals surface area contributed by atoms with Crippen LogP contribution in [0.4, 0.5) is 0 Å². The molecule has 4 heteroatoms. The lowest BCUT2D eigenvalue weighted by Crippen LogP contribution is -2.37. The summed E-state index contributed by atoms with van der Waals surface area (Å²) in [7, 11) is 0. The van der Waals surface area contributed by atoms with Crippen molar-refractivity contribution in [2.45, 2.75) is 26.4 Å². The number of benzene rings is 2. The summed E-state index contributed by atoms with van der Waals surface area (Å²) in [6.45, 7) is 5.10. The maximum absolute atomic E-state index is 12.0. The maximum atomic E-state index is 12.0. The molecule has 3 nitrogen and oxygen atoms in total. The third kappa shape index (κ3) is 5.70. The molecule has 2 aromatic carbocycles. The lowest BCUT2D eigenvalue weighted by atomic mass is 9.96. The van der Waals surface area contributed by atoms with E-state index < -0.39 is 0 Å². The Balaban J connectivity index is 1.83. The zero-order valence-electron chi connectivity index (χ0n) is 13.6. The Hall–Kier alpha value is -1.84. The zero-order chi connectivity index (χ0) is 16.7. The highest BCUT2D eigenvalue weighted by atomic mass is 35.5. The first-order valence-electron chi connectivity index (χ1n) is 7.85. The fourth-order valence-corrected chi connectivity index (χ4v) is 2.59. The quantitative estimate of drug-likeness (QED) is 0.807. The minimum absolute atomic E-state index is 0.0125. The third-order valence-corrected chi connectivity index (χ3v) is 3.96. The van der Waals surface area contributed by atoms with Crippen LogP contribution in [0.1, 0.15) is 31.0 Å². The van der Waals surface area contributed by atoms with Crippen molar-refractivity contribution in [1.82, 2.24) is 10.6 Å². The standard InChI is InChI=1S/C19H23ClN2O/c1-14(2)19(16-6-4-3-5-7-16)22-13-18(23)21-12-15-8-10-17(20)11-9-15/h3-11,14,19,22H,12-13H2,1-2H3,(H,21,23)/t19-/m1/s1. The minimum atomic E-state index is -0.0125. The molecule has 0 aliphatic heterocycles. The smallest absolute Gasteiger partial charge is 0.234 e. The van der Waals surface area contributed by atoms with Gasteiger partial charge in [0.05, 0.1) is 6.54 Å². The normalized spacial score (nSPS) is 12.2. The van der Waals surface area contributed by atoms with Gasteiger partial charge in [0.15, 0.2) is 0 Å². The molecule has 0 aromatic heterocycles. The summed E-state index contributed by atoms with van der Waals surface area (Å²) >= 11 is 5.85. The Bertz CT molecular complexity index is 611. The second kappa shape index (κ2) is 8.70. The van der Waals surface area contributed by atoms with Gasteiger partial charge in [0, 0.05) is 17.6 Å². The highest BCUT2D eigenvalue weighted by Crippen LogP contribution is 2.20. The molecule has 122 valence electrons. The van der Waals surface area contributed by atoms with E-state index >= 15 is 0 Å². The molecule has 0 heterocycles. The number of amides is 1. The molecular weight excluding hydrogens is 308 g/mol. The maximum Gasteiger partial charge on any atom is 0.234 e. The summed E-state index contributed by atoms with van der Waals surface area (Å²) in [5, 5.41) is 6.97. The average Bonchev–Trinajstić information content (AvgIpc) is 2.55. The largest absolute Gasteiger partial charge is 0.351 e. The van der Waals surface area contributed by atoms with E-state index in [4.69, 9.17) is 11.6 Å². The van der Waals surface area contributed by atoms with E-state index in [9.17, 15) is 4.79 Å². The van der Waals surface area contributed by atoms with Gasteiger partial charge in [0.2, 0.25) is 5.91 Å².